The highest BCUT2D eigenvalue weighted by Gasteiger charge is 2.23. The van der Waals surface area contributed by atoms with Gasteiger partial charge in [0.1, 0.15) is 6.10 Å². The molecule has 0 aromatic carbocycles. The van der Waals surface area contributed by atoms with Crippen molar-refractivity contribution in [3.8, 4) is 0 Å². The second kappa shape index (κ2) is 5.10. The van der Waals surface area contributed by atoms with Gasteiger partial charge >= 0.3 is 0 Å². The van der Waals surface area contributed by atoms with E-state index in [4.69, 9.17) is 13.9 Å². The van der Waals surface area contributed by atoms with E-state index in [2.05, 4.69) is 13.1 Å². The molecule has 78 valence electrons. The summed E-state index contributed by atoms with van der Waals surface area (Å²) in [5, 5.41) is 0. The first kappa shape index (κ1) is 11.2. The van der Waals surface area contributed by atoms with Gasteiger partial charge < -0.3 is 13.9 Å². The van der Waals surface area contributed by atoms with Crippen molar-refractivity contribution in [1.82, 2.24) is 0 Å². The lowest BCUT2D eigenvalue weighted by molar-refractivity contribution is 0.116. The second-order valence-corrected chi connectivity index (χ2v) is 8.53. The predicted octanol–water partition coefficient (Wildman–Crippen LogP) is 1.64. The smallest absolute Gasteiger partial charge is 0.186 e. The van der Waals surface area contributed by atoms with Gasteiger partial charge in [-0.1, -0.05) is 0 Å². The van der Waals surface area contributed by atoms with Crippen LogP contribution in [0, 0.1) is 0 Å². The fraction of sp³-hybridized carbons (Fsp3) is 1.00. The molecule has 1 saturated heterocycles. The van der Waals surface area contributed by atoms with E-state index in [1.807, 2.05) is 7.11 Å². The van der Waals surface area contributed by atoms with E-state index in [-0.39, 0.29) is 0 Å². The van der Waals surface area contributed by atoms with Crippen LogP contribution in [-0.2, 0) is 13.9 Å². The van der Waals surface area contributed by atoms with Gasteiger partial charge in [-0.25, -0.2) is 0 Å². The van der Waals surface area contributed by atoms with Crippen LogP contribution in [0.4, 0.5) is 0 Å². The van der Waals surface area contributed by atoms with E-state index >= 15 is 0 Å². The lowest BCUT2D eigenvalue weighted by atomic mass is 10.5. The number of hydrogen-bond acceptors (Lipinski definition) is 3. The van der Waals surface area contributed by atoms with E-state index in [1.165, 1.54) is 6.04 Å². The Morgan fingerprint density at radius 2 is 2.15 bits per heavy atom. The Morgan fingerprint density at radius 1 is 1.46 bits per heavy atom. The molecular formula is C9H20O3Si. The SMILES string of the molecule is CO[Si](C)(C)CCCOC[C@H]1CO1. The van der Waals surface area contributed by atoms with Gasteiger partial charge in [0.2, 0.25) is 0 Å². The van der Waals surface area contributed by atoms with E-state index in [0.717, 1.165) is 26.2 Å². The van der Waals surface area contributed by atoms with Crippen molar-refractivity contribution < 1.29 is 13.9 Å². The molecule has 3 nitrogen and oxygen atoms in total. The third-order valence-electron chi connectivity index (χ3n) is 2.33. The minimum atomic E-state index is -1.35. The van der Waals surface area contributed by atoms with Gasteiger partial charge in [0.25, 0.3) is 0 Å². The maximum atomic E-state index is 5.44. The van der Waals surface area contributed by atoms with Crippen LogP contribution in [0.15, 0.2) is 0 Å². The molecule has 1 heterocycles. The Kier molecular flexibility index (Phi) is 4.38. The zero-order valence-electron chi connectivity index (χ0n) is 8.84. The Balaban J connectivity index is 1.87. The van der Waals surface area contributed by atoms with E-state index in [1.54, 1.807) is 0 Å². The maximum absolute atomic E-state index is 5.44. The van der Waals surface area contributed by atoms with Gasteiger partial charge in [0.15, 0.2) is 8.32 Å². The molecule has 1 fully saturated rings. The van der Waals surface area contributed by atoms with Crippen LogP contribution in [0.1, 0.15) is 6.42 Å². The molecule has 0 N–H and O–H groups in total. The van der Waals surface area contributed by atoms with Gasteiger partial charge in [-0.15, -0.1) is 0 Å². The average Bonchev–Trinajstić information content (AvgIpc) is 2.87. The van der Waals surface area contributed by atoms with Crippen LogP contribution in [0.3, 0.4) is 0 Å². The van der Waals surface area contributed by atoms with Crippen molar-refractivity contribution in [2.45, 2.75) is 31.7 Å². The van der Waals surface area contributed by atoms with Crippen LogP contribution < -0.4 is 0 Å². The summed E-state index contributed by atoms with van der Waals surface area (Å²) < 4.78 is 15.9. The average molecular weight is 204 g/mol. The minimum Gasteiger partial charge on any atom is -0.420 e. The monoisotopic (exact) mass is 204 g/mol. The van der Waals surface area contributed by atoms with Crippen LogP contribution >= 0.6 is 0 Å². The first-order valence-corrected chi connectivity index (χ1v) is 8.00. The molecule has 1 rings (SSSR count). The summed E-state index contributed by atoms with van der Waals surface area (Å²) in [7, 11) is 0.461. The van der Waals surface area contributed by atoms with E-state index in [0.29, 0.717) is 6.10 Å². The minimum absolute atomic E-state index is 0.396. The molecule has 0 aliphatic carbocycles. The van der Waals surface area contributed by atoms with Crippen molar-refractivity contribution >= 4 is 8.32 Å². The zero-order chi connectivity index (χ0) is 9.73. The summed E-state index contributed by atoms with van der Waals surface area (Å²) >= 11 is 0. The molecule has 1 atom stereocenters. The standard InChI is InChI=1S/C9H20O3Si/c1-10-13(2,3)6-4-5-11-7-9-8-12-9/h9H,4-8H2,1-3H3/t9-/m0/s1. The molecule has 0 amide bonds. The Labute approximate surface area is 81.5 Å². The Morgan fingerprint density at radius 3 is 2.69 bits per heavy atom. The lowest BCUT2D eigenvalue weighted by Crippen LogP contribution is -2.28. The van der Waals surface area contributed by atoms with E-state index < -0.39 is 8.32 Å². The summed E-state index contributed by atoms with van der Waals surface area (Å²) in [6.45, 7) is 6.97. The van der Waals surface area contributed by atoms with Gasteiger partial charge in [-0.3, -0.25) is 0 Å². The van der Waals surface area contributed by atoms with Gasteiger partial charge in [0.05, 0.1) is 13.2 Å². The highest BCUT2D eigenvalue weighted by atomic mass is 28.4. The summed E-state index contributed by atoms with van der Waals surface area (Å²) in [6.07, 6.45) is 1.51. The fourth-order valence-electron chi connectivity index (χ4n) is 1.08. The molecule has 0 saturated carbocycles. The number of rotatable bonds is 7. The second-order valence-electron chi connectivity index (χ2n) is 4.10. The van der Waals surface area contributed by atoms with Crippen molar-refractivity contribution in [2.24, 2.45) is 0 Å². The van der Waals surface area contributed by atoms with Crippen molar-refractivity contribution in [1.29, 1.82) is 0 Å². The van der Waals surface area contributed by atoms with Gasteiger partial charge in [-0.2, -0.15) is 0 Å². The molecule has 0 radical (unpaired) electrons. The maximum Gasteiger partial charge on any atom is 0.186 e. The summed E-state index contributed by atoms with van der Waals surface area (Å²) in [6, 6.07) is 1.18. The molecule has 1 aliphatic rings. The Hall–Kier alpha value is 0.0969. The normalized spacial score (nSPS) is 21.9. The van der Waals surface area contributed by atoms with Crippen LogP contribution in [0.2, 0.25) is 19.1 Å². The largest absolute Gasteiger partial charge is 0.420 e. The Bertz CT molecular complexity index is 146. The first-order valence-electron chi connectivity index (χ1n) is 4.88. The lowest BCUT2D eigenvalue weighted by Gasteiger charge is -2.19. The summed E-state index contributed by atoms with van der Waals surface area (Å²) in [5.74, 6) is 0. The van der Waals surface area contributed by atoms with Gasteiger partial charge in [-0.05, 0) is 25.6 Å². The summed E-state index contributed by atoms with van der Waals surface area (Å²) in [5.41, 5.74) is 0. The molecule has 0 unspecified atom stereocenters. The number of epoxide rings is 1. The van der Waals surface area contributed by atoms with Gasteiger partial charge in [0, 0.05) is 13.7 Å². The molecule has 4 heteroatoms. The molecule has 0 aromatic rings. The van der Waals surface area contributed by atoms with Crippen LogP contribution in [0.25, 0.3) is 0 Å². The number of ether oxygens (including phenoxy) is 2. The van der Waals surface area contributed by atoms with Crippen LogP contribution in [0.5, 0.6) is 0 Å². The number of hydrogen-bond donors (Lipinski definition) is 0. The van der Waals surface area contributed by atoms with E-state index in [9.17, 15) is 0 Å². The summed E-state index contributed by atoms with van der Waals surface area (Å²) in [4.78, 5) is 0. The van der Waals surface area contributed by atoms with Crippen molar-refractivity contribution in [3.05, 3.63) is 0 Å². The highest BCUT2D eigenvalue weighted by Crippen LogP contribution is 2.13. The van der Waals surface area contributed by atoms with Crippen molar-refractivity contribution in [3.63, 3.8) is 0 Å². The third kappa shape index (κ3) is 5.41. The molecule has 0 bridgehead atoms. The third-order valence-corrected chi connectivity index (χ3v) is 4.99. The molecule has 0 spiro atoms. The zero-order valence-corrected chi connectivity index (χ0v) is 9.84. The predicted molar refractivity (Wildman–Crippen MR) is 54.5 cm³/mol. The fourth-order valence-corrected chi connectivity index (χ4v) is 2.28. The molecule has 1 aliphatic heterocycles. The first-order chi connectivity index (χ1) is 6.14. The quantitative estimate of drug-likeness (QED) is 0.359. The molecular weight excluding hydrogens is 184 g/mol. The van der Waals surface area contributed by atoms with Crippen LogP contribution in [-0.4, -0.2) is 41.4 Å². The topological polar surface area (TPSA) is 31.0 Å². The molecule has 0 aromatic heterocycles. The molecule has 13 heavy (non-hydrogen) atoms. The highest BCUT2D eigenvalue weighted by molar-refractivity contribution is 6.71. The van der Waals surface area contributed by atoms with Crippen molar-refractivity contribution in [2.75, 3.05) is 26.9 Å².